The molecule has 0 saturated heterocycles. The number of carbonyl (C=O) groups excluding carboxylic acids is 1. The first-order chi connectivity index (χ1) is 12.2. The van der Waals surface area contributed by atoms with E-state index in [1.165, 1.54) is 23.1 Å². The van der Waals surface area contributed by atoms with Crippen molar-refractivity contribution in [1.29, 1.82) is 0 Å². The van der Waals surface area contributed by atoms with Crippen LogP contribution in [0.4, 0.5) is 0 Å². The third-order valence-electron chi connectivity index (χ3n) is 4.66. The normalized spacial score (nSPS) is 11.3. The first kappa shape index (κ1) is 18.9. The molecule has 26 heavy (non-hydrogen) atoms. The number of Topliss-reactive ketones (excluding diaryl/α,β-unsaturated/α-hetero) is 1. The second-order valence-electron chi connectivity index (χ2n) is 6.71. The molecule has 3 rings (SSSR count). The van der Waals surface area contributed by atoms with Gasteiger partial charge in [-0.3, -0.25) is 14.2 Å². The van der Waals surface area contributed by atoms with Crippen LogP contribution in [0.2, 0.25) is 0 Å². The number of thioether (sulfide) groups is 1. The molecule has 0 N–H and O–H groups in total. The number of hydrogen-bond acceptors (Lipinski definition) is 5. The Balaban J connectivity index is 1.92. The molecule has 0 aliphatic heterocycles. The van der Waals surface area contributed by atoms with Crippen LogP contribution in [0.15, 0.2) is 22.1 Å². The molecule has 2 aromatic heterocycles. The van der Waals surface area contributed by atoms with Crippen molar-refractivity contribution in [1.82, 2.24) is 9.55 Å². The number of hydrogen-bond donors (Lipinski definition) is 0. The highest BCUT2D eigenvalue weighted by molar-refractivity contribution is 7.99. The summed E-state index contributed by atoms with van der Waals surface area (Å²) in [6, 6.07) is 4.06. The summed E-state index contributed by atoms with van der Waals surface area (Å²) in [4.78, 5) is 31.9. The minimum Gasteiger partial charge on any atom is -0.293 e. The molecule has 2 heterocycles. The van der Waals surface area contributed by atoms with E-state index >= 15 is 0 Å². The van der Waals surface area contributed by atoms with E-state index in [1.54, 1.807) is 11.6 Å². The smallest absolute Gasteiger partial charge is 0.262 e. The van der Waals surface area contributed by atoms with Gasteiger partial charge < -0.3 is 0 Å². The van der Waals surface area contributed by atoms with E-state index in [9.17, 15) is 9.59 Å². The zero-order valence-electron chi connectivity index (χ0n) is 15.9. The predicted molar refractivity (Wildman–Crippen MR) is 110 cm³/mol. The van der Waals surface area contributed by atoms with Crippen LogP contribution in [-0.2, 0) is 7.05 Å². The Kier molecular flexibility index (Phi) is 5.08. The molecule has 1 aromatic carbocycles. The monoisotopic (exact) mass is 386 g/mol. The highest BCUT2D eigenvalue weighted by atomic mass is 32.2. The lowest BCUT2D eigenvalue weighted by atomic mass is 9.97. The Bertz CT molecular complexity index is 1070. The van der Waals surface area contributed by atoms with Crippen molar-refractivity contribution in [2.75, 3.05) is 5.75 Å². The van der Waals surface area contributed by atoms with Gasteiger partial charge in [-0.25, -0.2) is 4.98 Å². The Morgan fingerprint density at radius 1 is 1.15 bits per heavy atom. The van der Waals surface area contributed by atoms with Crippen molar-refractivity contribution >= 4 is 39.1 Å². The van der Waals surface area contributed by atoms with Crippen molar-refractivity contribution in [3.05, 3.63) is 55.2 Å². The number of rotatable bonds is 4. The zero-order valence-corrected chi connectivity index (χ0v) is 17.5. The number of nitrogens with zero attached hydrogens (tertiary/aromatic N) is 2. The topological polar surface area (TPSA) is 52.0 Å². The quantitative estimate of drug-likeness (QED) is 0.376. The average molecular weight is 387 g/mol. The van der Waals surface area contributed by atoms with Gasteiger partial charge in [0.1, 0.15) is 4.83 Å². The second kappa shape index (κ2) is 7.00. The van der Waals surface area contributed by atoms with Gasteiger partial charge >= 0.3 is 0 Å². The van der Waals surface area contributed by atoms with Crippen LogP contribution in [0.1, 0.15) is 37.5 Å². The number of aryl methyl sites for hydroxylation is 5. The number of aromatic nitrogens is 2. The number of fused-ring (bicyclic) bond motifs is 1. The lowest BCUT2D eigenvalue weighted by Crippen LogP contribution is -2.20. The Labute approximate surface area is 161 Å². The summed E-state index contributed by atoms with van der Waals surface area (Å²) in [5.41, 5.74) is 4.87. The van der Waals surface area contributed by atoms with Crippen LogP contribution in [0, 0.1) is 34.6 Å². The van der Waals surface area contributed by atoms with Gasteiger partial charge in [0, 0.05) is 17.5 Å². The van der Waals surface area contributed by atoms with Gasteiger partial charge in [-0.2, -0.15) is 0 Å². The van der Waals surface area contributed by atoms with Crippen LogP contribution in [-0.4, -0.2) is 21.1 Å². The first-order valence-corrected chi connectivity index (χ1v) is 10.2. The van der Waals surface area contributed by atoms with E-state index in [0.717, 1.165) is 37.5 Å². The zero-order chi connectivity index (χ0) is 19.2. The molecular formula is C20H22N2O2S2. The van der Waals surface area contributed by atoms with Crippen molar-refractivity contribution in [3.63, 3.8) is 0 Å². The summed E-state index contributed by atoms with van der Waals surface area (Å²) in [6.45, 7) is 9.92. The second-order valence-corrected chi connectivity index (χ2v) is 8.85. The lowest BCUT2D eigenvalue weighted by molar-refractivity contribution is 0.102. The molecular weight excluding hydrogens is 364 g/mol. The molecule has 0 aliphatic rings. The van der Waals surface area contributed by atoms with Crippen LogP contribution in [0.5, 0.6) is 0 Å². The van der Waals surface area contributed by atoms with Crippen molar-refractivity contribution in [2.24, 2.45) is 7.05 Å². The van der Waals surface area contributed by atoms with Crippen molar-refractivity contribution in [2.45, 2.75) is 39.8 Å². The fourth-order valence-corrected chi connectivity index (χ4v) is 5.22. The Morgan fingerprint density at radius 2 is 1.77 bits per heavy atom. The maximum Gasteiger partial charge on any atom is 0.262 e. The van der Waals surface area contributed by atoms with Crippen LogP contribution in [0.25, 0.3) is 10.2 Å². The van der Waals surface area contributed by atoms with Crippen LogP contribution >= 0.6 is 23.1 Å². The van der Waals surface area contributed by atoms with E-state index in [-0.39, 0.29) is 17.1 Å². The van der Waals surface area contributed by atoms with Gasteiger partial charge in [0.25, 0.3) is 5.56 Å². The summed E-state index contributed by atoms with van der Waals surface area (Å²) in [6.07, 6.45) is 0. The third-order valence-corrected chi connectivity index (χ3v) is 6.79. The average Bonchev–Trinajstić information content (AvgIpc) is 2.83. The molecule has 0 spiro atoms. The maximum atomic E-state index is 12.8. The molecule has 0 aliphatic carbocycles. The molecule has 0 amide bonds. The minimum atomic E-state index is -0.0468. The largest absolute Gasteiger partial charge is 0.293 e. The standard InChI is InChI=1S/C20H22N2O2S2/c1-10-7-11(2)16(12(3)8-10)15(23)9-25-20-21-18-17(19(24)22(20)6)13(4)14(5)26-18/h7-8H,9H2,1-6H3. The molecule has 0 radical (unpaired) electrons. The number of benzene rings is 1. The van der Waals surface area contributed by atoms with Gasteiger partial charge in [-0.15, -0.1) is 11.3 Å². The van der Waals surface area contributed by atoms with Crippen LogP contribution in [0.3, 0.4) is 0 Å². The summed E-state index contributed by atoms with van der Waals surface area (Å²) >= 11 is 2.85. The fourth-order valence-electron chi connectivity index (χ4n) is 3.31. The molecule has 0 fully saturated rings. The predicted octanol–water partition coefficient (Wildman–Crippen LogP) is 4.51. The van der Waals surface area contributed by atoms with E-state index in [1.807, 2.05) is 46.8 Å². The minimum absolute atomic E-state index is 0.0468. The molecule has 136 valence electrons. The highest BCUT2D eigenvalue weighted by Gasteiger charge is 2.18. The summed E-state index contributed by atoms with van der Waals surface area (Å²) in [5.74, 6) is 0.331. The first-order valence-electron chi connectivity index (χ1n) is 8.41. The highest BCUT2D eigenvalue weighted by Crippen LogP contribution is 2.28. The summed E-state index contributed by atoms with van der Waals surface area (Å²) in [7, 11) is 1.72. The molecule has 0 atom stereocenters. The SMILES string of the molecule is Cc1cc(C)c(C(=O)CSc2nc3sc(C)c(C)c3c(=O)n2C)c(C)c1. The number of thiophene rings is 1. The molecule has 0 bridgehead atoms. The Morgan fingerprint density at radius 3 is 2.38 bits per heavy atom. The van der Waals surface area contributed by atoms with Crippen molar-refractivity contribution in [3.8, 4) is 0 Å². The van der Waals surface area contributed by atoms with E-state index in [0.29, 0.717) is 10.5 Å². The van der Waals surface area contributed by atoms with Gasteiger partial charge in [-0.05, 0) is 51.3 Å². The number of carbonyl (C=O) groups is 1. The maximum absolute atomic E-state index is 12.8. The van der Waals surface area contributed by atoms with Gasteiger partial charge in [-0.1, -0.05) is 29.5 Å². The van der Waals surface area contributed by atoms with Gasteiger partial charge in [0.2, 0.25) is 0 Å². The summed E-state index contributed by atoms with van der Waals surface area (Å²) in [5, 5.41) is 1.27. The number of ketones is 1. The fraction of sp³-hybridized carbons (Fsp3) is 0.350. The molecule has 4 nitrogen and oxygen atoms in total. The van der Waals surface area contributed by atoms with Gasteiger partial charge in [0.15, 0.2) is 10.9 Å². The molecule has 6 heteroatoms. The van der Waals surface area contributed by atoms with Gasteiger partial charge in [0.05, 0.1) is 11.1 Å². The Hall–Kier alpha value is -1.92. The summed E-state index contributed by atoms with van der Waals surface area (Å²) < 4.78 is 1.55. The van der Waals surface area contributed by atoms with E-state index in [4.69, 9.17) is 0 Å². The van der Waals surface area contributed by atoms with E-state index in [2.05, 4.69) is 4.98 Å². The molecule has 0 unspecified atom stereocenters. The van der Waals surface area contributed by atoms with Crippen molar-refractivity contribution < 1.29 is 4.79 Å². The van der Waals surface area contributed by atoms with Crippen LogP contribution < -0.4 is 5.56 Å². The van der Waals surface area contributed by atoms with E-state index < -0.39 is 0 Å². The molecule has 0 saturated carbocycles. The lowest BCUT2D eigenvalue weighted by Gasteiger charge is -2.11. The molecule has 3 aromatic rings. The third kappa shape index (κ3) is 3.23.